The predicted octanol–water partition coefficient (Wildman–Crippen LogP) is 10.0. The van der Waals surface area contributed by atoms with E-state index in [4.69, 9.17) is 49.8 Å². The molecular formula is C48H24Cl3N9O9S3. The molecule has 0 radical (unpaired) electrons. The van der Waals surface area contributed by atoms with Gasteiger partial charge in [0, 0.05) is 33.8 Å². The molecule has 0 fully saturated rings. The van der Waals surface area contributed by atoms with Crippen LogP contribution < -0.4 is 0 Å². The number of fused-ring (bicyclic) bond motifs is 6. The van der Waals surface area contributed by atoms with E-state index in [2.05, 4.69) is 0 Å². The Bertz CT molecular complexity index is 4000. The maximum atomic E-state index is 12.4. The molecule has 0 aliphatic rings. The van der Waals surface area contributed by atoms with Crippen LogP contribution >= 0.6 is 34.8 Å². The first kappa shape index (κ1) is 47.7. The van der Waals surface area contributed by atoms with E-state index in [9.17, 15) is 54.7 Å². The fourth-order valence-electron chi connectivity index (χ4n) is 8.28. The lowest BCUT2D eigenvalue weighted by Crippen LogP contribution is -2.02. The first-order valence-corrected chi connectivity index (χ1v) is 25.9. The highest BCUT2D eigenvalue weighted by atomic mass is 35.5. The lowest BCUT2D eigenvalue weighted by Gasteiger charge is -2.13. The molecule has 72 heavy (non-hydrogen) atoms. The van der Waals surface area contributed by atoms with Crippen LogP contribution in [0.3, 0.4) is 0 Å². The fourth-order valence-corrected chi connectivity index (χ4v) is 10.4. The second kappa shape index (κ2) is 17.4. The number of aromatic nitrogens is 6. The summed E-state index contributed by atoms with van der Waals surface area (Å²) in [6, 6.07) is 35.1. The van der Waals surface area contributed by atoms with Gasteiger partial charge < -0.3 is 0 Å². The summed E-state index contributed by atoms with van der Waals surface area (Å²) in [4.78, 5) is 14.4. The van der Waals surface area contributed by atoms with Crippen molar-refractivity contribution >= 4 is 98.3 Å². The van der Waals surface area contributed by atoms with E-state index in [1.807, 2.05) is 18.2 Å². The van der Waals surface area contributed by atoms with Crippen molar-refractivity contribution in [2.45, 2.75) is 14.7 Å². The van der Waals surface area contributed by atoms with Gasteiger partial charge in [-0.1, -0.05) is 34.8 Å². The smallest absolute Gasteiger partial charge is 0.290 e. The van der Waals surface area contributed by atoms with Gasteiger partial charge in [-0.05, 0) is 127 Å². The number of nitriles is 3. The molecule has 7 aromatic carbocycles. The van der Waals surface area contributed by atoms with Crippen LogP contribution in [0.2, 0.25) is 15.1 Å². The second-order valence-electron chi connectivity index (χ2n) is 15.7. The number of halogens is 3. The largest absolute Gasteiger partial charge is 0.294 e. The van der Waals surface area contributed by atoms with Gasteiger partial charge in [0.1, 0.15) is 68.8 Å². The van der Waals surface area contributed by atoms with Gasteiger partial charge in [0.05, 0.1) is 46.4 Å². The molecule has 0 aliphatic carbocycles. The summed E-state index contributed by atoms with van der Waals surface area (Å²) < 4.78 is 109. The zero-order valence-corrected chi connectivity index (χ0v) is 40.5. The molecule has 3 aromatic heterocycles. The Hall–Kier alpha value is -7.98. The van der Waals surface area contributed by atoms with Crippen LogP contribution in [0.1, 0.15) is 16.7 Å². The van der Waals surface area contributed by atoms with Crippen LogP contribution in [-0.4, -0.2) is 67.6 Å². The lowest BCUT2D eigenvalue weighted by atomic mass is 10.1. The molecule has 18 nitrogen and oxygen atoms in total. The summed E-state index contributed by atoms with van der Waals surface area (Å²) in [5.41, 5.74) is 3.14. The molecule has 0 amide bonds. The Kier molecular flexibility index (Phi) is 11.5. The Labute approximate surface area is 422 Å². The molecule has 0 bridgehead atoms. The van der Waals surface area contributed by atoms with E-state index in [1.165, 1.54) is 72.8 Å². The van der Waals surface area contributed by atoms with Crippen LogP contribution in [-0.2, 0) is 30.4 Å². The van der Waals surface area contributed by atoms with Crippen LogP contribution in [0.5, 0.6) is 0 Å². The number of imidazole rings is 3. The minimum absolute atomic E-state index is 0.0483. The quantitative estimate of drug-likeness (QED) is 0.113. The van der Waals surface area contributed by atoms with Crippen molar-refractivity contribution in [2.75, 3.05) is 0 Å². The summed E-state index contributed by atoms with van der Waals surface area (Å²) in [5.74, 6) is 0.409. The van der Waals surface area contributed by atoms with Gasteiger partial charge in [-0.2, -0.15) is 41.0 Å². The van der Waals surface area contributed by atoms with E-state index >= 15 is 0 Å². The molecule has 354 valence electrons. The minimum Gasteiger partial charge on any atom is -0.290 e. The maximum Gasteiger partial charge on any atom is 0.294 e. The normalized spacial score (nSPS) is 12.0. The van der Waals surface area contributed by atoms with Gasteiger partial charge in [-0.25, -0.2) is 15.0 Å². The predicted molar refractivity (Wildman–Crippen MR) is 265 cm³/mol. The van der Waals surface area contributed by atoms with E-state index in [1.54, 1.807) is 31.9 Å². The summed E-state index contributed by atoms with van der Waals surface area (Å²) in [6.07, 6.45) is 0. The number of benzene rings is 7. The van der Waals surface area contributed by atoms with Crippen molar-refractivity contribution in [3.05, 3.63) is 159 Å². The van der Waals surface area contributed by atoms with E-state index < -0.39 is 45.0 Å². The maximum absolute atomic E-state index is 12.4. The fraction of sp³-hybridized carbons (Fsp3) is 0. The number of hydrogen-bond acceptors (Lipinski definition) is 12. The molecular weight excluding hydrogens is 1050 g/mol. The SMILES string of the molecule is N#Cc1ccc(-c2nc3c(c4nc(-c5ccc(C#N)c(Cl)c5)n(-c5ccc(S(=O)(=O)O)cc5)c4c4nc(-c5ccc(C#N)c(Cl)c5)n(-c5ccc(S(=O)(=O)O)cc5)c34)n2-c2ccc(S(=O)(=O)O)cc2)cc1Cl. The minimum atomic E-state index is -4.70. The van der Waals surface area contributed by atoms with Crippen molar-refractivity contribution in [3.8, 4) is 69.4 Å². The molecule has 10 rings (SSSR count). The Morgan fingerprint density at radius 3 is 0.819 bits per heavy atom. The molecule has 0 atom stereocenters. The van der Waals surface area contributed by atoms with Crippen LogP contribution in [0.4, 0.5) is 0 Å². The highest BCUT2D eigenvalue weighted by molar-refractivity contribution is 7.86. The molecule has 0 saturated heterocycles. The van der Waals surface area contributed by atoms with Gasteiger partial charge in [0.25, 0.3) is 30.4 Å². The third-order valence-corrected chi connectivity index (χ3v) is 15.1. The van der Waals surface area contributed by atoms with Gasteiger partial charge in [-0.15, -0.1) is 0 Å². The Balaban J connectivity index is 1.49. The summed E-state index contributed by atoms with van der Waals surface area (Å²) >= 11 is 20.0. The lowest BCUT2D eigenvalue weighted by molar-refractivity contribution is 0.481. The van der Waals surface area contributed by atoms with Crippen molar-refractivity contribution in [3.63, 3.8) is 0 Å². The number of nitrogens with zero attached hydrogens (tertiary/aromatic N) is 9. The van der Waals surface area contributed by atoms with Crippen molar-refractivity contribution in [1.82, 2.24) is 28.7 Å². The van der Waals surface area contributed by atoms with Crippen LogP contribution in [0, 0.1) is 34.0 Å². The monoisotopic (exact) mass is 1070 g/mol. The Morgan fingerprint density at radius 1 is 0.389 bits per heavy atom. The number of rotatable bonds is 9. The van der Waals surface area contributed by atoms with E-state index in [0.29, 0.717) is 16.7 Å². The summed E-state index contributed by atoms with van der Waals surface area (Å²) in [7, 11) is -14.1. The highest BCUT2D eigenvalue weighted by Gasteiger charge is 2.31. The average Bonchev–Trinajstić information content (AvgIpc) is 4.06. The third-order valence-electron chi connectivity index (χ3n) is 11.5. The topological polar surface area (TPSA) is 288 Å². The first-order chi connectivity index (χ1) is 34.2. The molecule has 0 spiro atoms. The number of hydrogen-bond donors (Lipinski definition) is 3. The molecule has 0 aliphatic heterocycles. The molecule has 24 heteroatoms. The molecule has 10 aromatic rings. The zero-order chi connectivity index (χ0) is 51.2. The summed E-state index contributed by atoms with van der Waals surface area (Å²) in [6.45, 7) is 0. The van der Waals surface area contributed by atoms with Crippen LogP contribution in [0.15, 0.2) is 142 Å². The highest BCUT2D eigenvalue weighted by Crippen LogP contribution is 2.45. The van der Waals surface area contributed by atoms with Gasteiger partial charge >= 0.3 is 0 Å². The van der Waals surface area contributed by atoms with Crippen molar-refractivity contribution < 1.29 is 38.9 Å². The zero-order valence-electron chi connectivity index (χ0n) is 35.8. The summed E-state index contributed by atoms with van der Waals surface area (Å²) in [5, 5.41) is 29.6. The third kappa shape index (κ3) is 8.08. The second-order valence-corrected chi connectivity index (χ2v) is 21.2. The van der Waals surface area contributed by atoms with Gasteiger partial charge in [-0.3, -0.25) is 27.4 Å². The van der Waals surface area contributed by atoms with Crippen LogP contribution in [0.25, 0.3) is 84.3 Å². The Morgan fingerprint density at radius 2 is 0.625 bits per heavy atom. The van der Waals surface area contributed by atoms with E-state index in [0.717, 1.165) is 36.4 Å². The molecule has 3 N–H and O–H groups in total. The van der Waals surface area contributed by atoms with E-state index in [-0.39, 0.29) is 99.4 Å². The van der Waals surface area contributed by atoms with Gasteiger partial charge in [0.2, 0.25) is 0 Å². The first-order valence-electron chi connectivity index (χ1n) is 20.4. The average molecular weight is 1070 g/mol. The molecule has 3 heterocycles. The van der Waals surface area contributed by atoms with Crippen molar-refractivity contribution in [2.24, 2.45) is 0 Å². The standard InChI is InChI=1S/C48H24Cl3N9O9S3/c49-37-19-25(1-4-28(37)22-52)46-55-40-43(58(46)31-7-13-34(14-8-31)70(61,62)63)41-45(60(33-11-17-36(18-12-33)72(67,68)69)47(56-41)26-2-5-29(23-53)38(50)20-26)42-44(40)59(32-9-15-35(16-10-32)71(64,65)66)48(57-42)27-3-6-30(24-54)39(51)21-27/h1-21H,(H,61,62,63)(H,64,65,66)(H,67,68,69). The van der Waals surface area contributed by atoms with Crippen molar-refractivity contribution in [1.29, 1.82) is 15.8 Å². The molecule has 0 unspecified atom stereocenters. The molecule has 0 saturated carbocycles. The van der Waals surface area contributed by atoms with Gasteiger partial charge in [0.15, 0.2) is 0 Å².